The number of nitrogens with one attached hydrogen (secondary N) is 3. The fourth-order valence-electron chi connectivity index (χ4n) is 4.54. The second-order valence-corrected chi connectivity index (χ2v) is 9.32. The summed E-state index contributed by atoms with van der Waals surface area (Å²) in [5.74, 6) is -2.35. The molecule has 0 atom stereocenters. The van der Waals surface area contributed by atoms with E-state index in [2.05, 4.69) is 20.9 Å². The lowest BCUT2D eigenvalue weighted by Crippen LogP contribution is -2.42. The molecule has 33 heavy (non-hydrogen) atoms. The zero-order valence-corrected chi connectivity index (χ0v) is 19.7. The Balaban J connectivity index is 1.31. The fraction of sp³-hybridized carbons (Fsp3) is 0.522. The molecule has 0 aliphatic heterocycles. The molecule has 4 rings (SSSR count). The quantitative estimate of drug-likeness (QED) is 0.431. The van der Waals surface area contributed by atoms with Gasteiger partial charge in [0.05, 0.1) is 11.4 Å². The molecule has 0 radical (unpaired) electrons. The van der Waals surface area contributed by atoms with Crippen LogP contribution in [0.4, 0.5) is 30.6 Å². The number of halogens is 3. The predicted octanol–water partition coefficient (Wildman–Crippen LogP) is 4.55. The van der Waals surface area contributed by atoms with Gasteiger partial charge in [-0.2, -0.15) is 4.98 Å². The number of hydrogen-bond donors (Lipinski definition) is 3. The molecule has 2 aromatic rings. The maximum absolute atomic E-state index is 13.9. The van der Waals surface area contributed by atoms with Gasteiger partial charge in [0.1, 0.15) is 5.82 Å². The SMILES string of the molecule is CN(C)c1nc(NC2CCC(NC(=S)Nc3ccc(F)c(F)c3F)CC2)nc2c1CCCC2. The third kappa shape index (κ3) is 5.48. The minimum atomic E-state index is -1.52. The molecule has 1 aromatic heterocycles. The Morgan fingerprint density at radius 3 is 2.39 bits per heavy atom. The molecule has 2 aliphatic carbocycles. The van der Waals surface area contributed by atoms with Gasteiger partial charge >= 0.3 is 0 Å². The summed E-state index contributed by atoms with van der Waals surface area (Å²) < 4.78 is 40.4. The number of aromatic nitrogens is 2. The van der Waals surface area contributed by atoms with E-state index in [1.54, 1.807) is 0 Å². The molecule has 1 heterocycles. The molecule has 6 nitrogen and oxygen atoms in total. The van der Waals surface area contributed by atoms with Crippen molar-refractivity contribution in [2.45, 2.75) is 63.5 Å². The number of thiocarbonyl (C=S) groups is 1. The van der Waals surface area contributed by atoms with Crippen molar-refractivity contribution < 1.29 is 13.2 Å². The number of anilines is 3. The van der Waals surface area contributed by atoms with Crippen LogP contribution in [-0.2, 0) is 12.8 Å². The lowest BCUT2D eigenvalue weighted by atomic mass is 9.91. The van der Waals surface area contributed by atoms with E-state index < -0.39 is 17.5 Å². The first-order valence-corrected chi connectivity index (χ1v) is 11.8. The highest BCUT2D eigenvalue weighted by molar-refractivity contribution is 7.80. The number of aryl methyl sites for hydroxylation is 1. The van der Waals surface area contributed by atoms with Crippen LogP contribution in [0.1, 0.15) is 49.8 Å². The molecule has 10 heteroatoms. The van der Waals surface area contributed by atoms with Gasteiger partial charge in [-0.3, -0.25) is 0 Å². The molecular formula is C23H29F3N6S. The minimum Gasteiger partial charge on any atom is -0.362 e. The number of hydrogen-bond acceptors (Lipinski definition) is 5. The van der Waals surface area contributed by atoms with Gasteiger partial charge < -0.3 is 20.9 Å². The van der Waals surface area contributed by atoms with Crippen LogP contribution in [0.5, 0.6) is 0 Å². The lowest BCUT2D eigenvalue weighted by molar-refractivity contribution is 0.387. The van der Waals surface area contributed by atoms with Gasteiger partial charge in [-0.15, -0.1) is 0 Å². The van der Waals surface area contributed by atoms with Crippen molar-refractivity contribution in [1.82, 2.24) is 15.3 Å². The van der Waals surface area contributed by atoms with E-state index in [1.807, 2.05) is 14.1 Å². The topological polar surface area (TPSA) is 65.1 Å². The fourth-order valence-corrected chi connectivity index (χ4v) is 4.82. The van der Waals surface area contributed by atoms with E-state index in [4.69, 9.17) is 22.2 Å². The van der Waals surface area contributed by atoms with Gasteiger partial charge in [-0.25, -0.2) is 18.2 Å². The Labute approximate surface area is 197 Å². The molecule has 178 valence electrons. The van der Waals surface area contributed by atoms with Gasteiger partial charge in [0.2, 0.25) is 5.95 Å². The van der Waals surface area contributed by atoms with Crippen LogP contribution in [0.2, 0.25) is 0 Å². The van der Waals surface area contributed by atoms with Gasteiger partial charge in [0.25, 0.3) is 0 Å². The monoisotopic (exact) mass is 478 g/mol. The predicted molar refractivity (Wildman–Crippen MR) is 128 cm³/mol. The summed E-state index contributed by atoms with van der Waals surface area (Å²) in [6, 6.07) is 2.36. The molecule has 2 aliphatic rings. The summed E-state index contributed by atoms with van der Waals surface area (Å²) in [5, 5.41) is 9.46. The van der Waals surface area contributed by atoms with Crippen LogP contribution in [0, 0.1) is 17.5 Å². The first-order valence-electron chi connectivity index (χ1n) is 11.4. The Hall–Kier alpha value is -2.62. The maximum atomic E-state index is 13.9. The second-order valence-electron chi connectivity index (χ2n) is 8.91. The molecule has 1 fully saturated rings. The normalized spacial score (nSPS) is 20.0. The summed E-state index contributed by atoms with van der Waals surface area (Å²) in [6.07, 6.45) is 7.87. The van der Waals surface area contributed by atoms with Crippen molar-refractivity contribution in [3.8, 4) is 0 Å². The molecule has 0 spiro atoms. The third-order valence-corrected chi connectivity index (χ3v) is 6.48. The van der Waals surface area contributed by atoms with E-state index >= 15 is 0 Å². The van der Waals surface area contributed by atoms with Crippen LogP contribution in [0.3, 0.4) is 0 Å². The zero-order chi connectivity index (χ0) is 23.5. The highest BCUT2D eigenvalue weighted by Crippen LogP contribution is 2.29. The first-order chi connectivity index (χ1) is 15.8. The van der Waals surface area contributed by atoms with Crippen molar-refractivity contribution in [3.63, 3.8) is 0 Å². The van der Waals surface area contributed by atoms with E-state index in [9.17, 15) is 13.2 Å². The van der Waals surface area contributed by atoms with Crippen LogP contribution >= 0.6 is 12.2 Å². The molecule has 0 amide bonds. The summed E-state index contributed by atoms with van der Waals surface area (Å²) in [5.41, 5.74) is 2.23. The molecule has 0 bridgehead atoms. The molecule has 3 N–H and O–H groups in total. The number of benzene rings is 1. The Morgan fingerprint density at radius 2 is 1.67 bits per heavy atom. The van der Waals surface area contributed by atoms with Gasteiger partial charge in [-0.1, -0.05) is 0 Å². The maximum Gasteiger partial charge on any atom is 0.225 e. The van der Waals surface area contributed by atoms with Crippen LogP contribution in [-0.4, -0.2) is 41.3 Å². The number of fused-ring (bicyclic) bond motifs is 1. The standard InChI is InChI=1S/C23H29F3N6S/c1-32(2)21-15-5-3-4-6-17(15)29-22(31-21)27-13-7-9-14(10-8-13)28-23(33)30-18-12-11-16(24)19(25)20(18)26/h11-14H,3-10H2,1-2H3,(H,27,29,31)(H2,28,30,33). The Bertz CT molecular complexity index is 1020. The largest absolute Gasteiger partial charge is 0.362 e. The summed E-state index contributed by atoms with van der Waals surface area (Å²) in [4.78, 5) is 11.6. The smallest absolute Gasteiger partial charge is 0.225 e. The van der Waals surface area contributed by atoms with Gasteiger partial charge in [-0.05, 0) is 75.7 Å². The number of nitrogens with zero attached hydrogens (tertiary/aromatic N) is 3. The van der Waals surface area contributed by atoms with Gasteiger partial charge in [0.15, 0.2) is 22.6 Å². The lowest BCUT2D eigenvalue weighted by Gasteiger charge is -2.31. The number of rotatable bonds is 5. The molecular weight excluding hydrogens is 449 g/mol. The van der Waals surface area contributed by atoms with E-state index in [0.29, 0.717) is 5.95 Å². The minimum absolute atomic E-state index is 0.109. The zero-order valence-electron chi connectivity index (χ0n) is 18.9. The highest BCUT2D eigenvalue weighted by Gasteiger charge is 2.25. The molecule has 1 aromatic carbocycles. The van der Waals surface area contributed by atoms with Crippen LogP contribution in [0.25, 0.3) is 0 Å². The Kier molecular flexibility index (Phi) is 7.21. The first kappa shape index (κ1) is 23.5. The van der Waals surface area contributed by atoms with Crippen molar-refractivity contribution in [2.75, 3.05) is 29.6 Å². The third-order valence-electron chi connectivity index (χ3n) is 6.26. The average Bonchev–Trinajstić information content (AvgIpc) is 2.80. The highest BCUT2D eigenvalue weighted by atomic mass is 32.1. The van der Waals surface area contributed by atoms with Crippen molar-refractivity contribution >= 4 is 34.8 Å². The summed E-state index contributed by atoms with van der Waals surface area (Å²) >= 11 is 5.24. The van der Waals surface area contributed by atoms with E-state index in [0.717, 1.165) is 68.6 Å². The van der Waals surface area contributed by atoms with Crippen LogP contribution < -0.4 is 20.9 Å². The van der Waals surface area contributed by atoms with E-state index in [1.165, 1.54) is 12.0 Å². The molecule has 0 unspecified atom stereocenters. The summed E-state index contributed by atoms with van der Waals surface area (Å²) in [6.45, 7) is 0. The Morgan fingerprint density at radius 1 is 0.970 bits per heavy atom. The molecule has 1 saturated carbocycles. The molecule has 0 saturated heterocycles. The van der Waals surface area contributed by atoms with Crippen molar-refractivity contribution in [1.29, 1.82) is 0 Å². The second kappa shape index (κ2) is 10.1. The average molecular weight is 479 g/mol. The van der Waals surface area contributed by atoms with E-state index in [-0.39, 0.29) is 22.9 Å². The summed E-state index contributed by atoms with van der Waals surface area (Å²) in [7, 11) is 4.03. The van der Waals surface area contributed by atoms with Crippen molar-refractivity contribution in [2.24, 2.45) is 0 Å². The van der Waals surface area contributed by atoms with Gasteiger partial charge in [0, 0.05) is 31.7 Å². The van der Waals surface area contributed by atoms with Crippen LogP contribution in [0.15, 0.2) is 12.1 Å². The van der Waals surface area contributed by atoms with Crippen molar-refractivity contribution in [3.05, 3.63) is 40.8 Å².